The predicted octanol–water partition coefficient (Wildman–Crippen LogP) is 2.97. The van der Waals surface area contributed by atoms with Gasteiger partial charge in [0.25, 0.3) is 0 Å². The zero-order valence-electron chi connectivity index (χ0n) is 11.6. The Kier molecular flexibility index (Phi) is 5.37. The second-order valence-corrected chi connectivity index (χ2v) is 4.48. The summed E-state index contributed by atoms with van der Waals surface area (Å²) in [4.78, 5) is 11.4. The molecule has 4 heteroatoms. The van der Waals surface area contributed by atoms with Crippen LogP contribution in [0.5, 0.6) is 11.5 Å². The Balaban J connectivity index is 2.63. The van der Waals surface area contributed by atoms with Crippen LogP contribution in [-0.4, -0.2) is 19.0 Å². The number of ether oxygens (including phenoxy) is 2. The lowest BCUT2D eigenvalue weighted by Crippen LogP contribution is -2.25. The Morgan fingerprint density at radius 2 is 1.89 bits per heavy atom. The first kappa shape index (κ1) is 15.0. The Labute approximate surface area is 113 Å². The first-order valence-electron chi connectivity index (χ1n) is 6.30. The molecule has 1 atom stereocenters. The van der Waals surface area contributed by atoms with Crippen molar-refractivity contribution < 1.29 is 14.3 Å². The molecule has 0 aliphatic heterocycles. The molecule has 102 valence electrons. The molecule has 4 nitrogen and oxygen atoms in total. The minimum atomic E-state index is -0.986. The molecule has 0 radical (unpaired) electrons. The number of nitriles is 1. The van der Waals surface area contributed by atoms with Crippen molar-refractivity contribution in [3.8, 4) is 17.6 Å². The van der Waals surface area contributed by atoms with E-state index in [1.807, 2.05) is 37.3 Å². The smallest absolute Gasteiger partial charge is 0.161 e. The van der Waals surface area contributed by atoms with Gasteiger partial charge in [0.2, 0.25) is 0 Å². The average molecular weight is 261 g/mol. The van der Waals surface area contributed by atoms with Crippen molar-refractivity contribution in [3.05, 3.63) is 24.3 Å². The molecule has 1 unspecified atom stereocenters. The Morgan fingerprint density at radius 1 is 1.32 bits per heavy atom. The van der Waals surface area contributed by atoms with E-state index in [2.05, 4.69) is 0 Å². The van der Waals surface area contributed by atoms with Crippen molar-refractivity contribution in [1.29, 1.82) is 5.26 Å². The highest BCUT2D eigenvalue weighted by Gasteiger charge is 2.29. The van der Waals surface area contributed by atoms with Gasteiger partial charge in [-0.15, -0.1) is 0 Å². The molecule has 1 aromatic carbocycles. The molecule has 0 bridgehead atoms. The van der Waals surface area contributed by atoms with Gasteiger partial charge in [-0.3, -0.25) is 4.79 Å². The lowest BCUT2D eigenvalue weighted by atomic mass is 9.85. The van der Waals surface area contributed by atoms with Crippen LogP contribution in [0.1, 0.15) is 27.2 Å². The Morgan fingerprint density at radius 3 is 2.37 bits per heavy atom. The van der Waals surface area contributed by atoms with Gasteiger partial charge in [0.15, 0.2) is 11.5 Å². The topological polar surface area (TPSA) is 59.3 Å². The summed E-state index contributed by atoms with van der Waals surface area (Å²) >= 11 is 0. The molecule has 0 N–H and O–H groups in total. The van der Waals surface area contributed by atoms with Gasteiger partial charge >= 0.3 is 0 Å². The number of nitrogens with zero attached hydrogens (tertiary/aromatic N) is 1. The van der Waals surface area contributed by atoms with Crippen LogP contribution in [0.25, 0.3) is 0 Å². The van der Waals surface area contributed by atoms with Crippen LogP contribution in [-0.2, 0) is 4.79 Å². The SMILES string of the molecule is CCOc1ccccc1OCCC(C)(C#N)C(C)=O. The molecule has 0 saturated carbocycles. The van der Waals surface area contributed by atoms with Crippen LogP contribution >= 0.6 is 0 Å². The van der Waals surface area contributed by atoms with Gasteiger partial charge < -0.3 is 9.47 Å². The molecule has 0 fully saturated rings. The fourth-order valence-electron chi connectivity index (χ4n) is 1.52. The largest absolute Gasteiger partial charge is 0.490 e. The highest BCUT2D eigenvalue weighted by Crippen LogP contribution is 2.28. The first-order chi connectivity index (χ1) is 9.03. The van der Waals surface area contributed by atoms with Crippen molar-refractivity contribution in [3.63, 3.8) is 0 Å². The summed E-state index contributed by atoms with van der Waals surface area (Å²) in [6, 6.07) is 9.40. The summed E-state index contributed by atoms with van der Waals surface area (Å²) < 4.78 is 11.0. The summed E-state index contributed by atoms with van der Waals surface area (Å²) in [5, 5.41) is 9.04. The second-order valence-electron chi connectivity index (χ2n) is 4.48. The monoisotopic (exact) mass is 261 g/mol. The van der Waals surface area contributed by atoms with E-state index in [0.717, 1.165) is 0 Å². The fraction of sp³-hybridized carbons (Fsp3) is 0.467. The second kappa shape index (κ2) is 6.79. The minimum absolute atomic E-state index is 0.142. The van der Waals surface area contributed by atoms with Crippen molar-refractivity contribution in [2.75, 3.05) is 13.2 Å². The number of benzene rings is 1. The number of ketones is 1. The lowest BCUT2D eigenvalue weighted by Gasteiger charge is -2.18. The van der Waals surface area contributed by atoms with Crippen LogP contribution < -0.4 is 9.47 Å². The number of para-hydroxylation sites is 2. The van der Waals surface area contributed by atoms with E-state index < -0.39 is 5.41 Å². The van der Waals surface area contributed by atoms with Gasteiger partial charge in [-0.1, -0.05) is 12.1 Å². The summed E-state index contributed by atoms with van der Waals surface area (Å²) in [5.41, 5.74) is -0.986. The summed E-state index contributed by atoms with van der Waals surface area (Å²) in [6.07, 6.45) is 0.360. The molecule has 0 aliphatic carbocycles. The molecule has 1 rings (SSSR count). The summed E-state index contributed by atoms with van der Waals surface area (Å²) in [5.74, 6) is 1.16. The third-order valence-corrected chi connectivity index (χ3v) is 3.03. The van der Waals surface area contributed by atoms with E-state index in [4.69, 9.17) is 14.7 Å². The molecule has 0 aromatic heterocycles. The zero-order valence-corrected chi connectivity index (χ0v) is 11.6. The van der Waals surface area contributed by atoms with E-state index >= 15 is 0 Å². The molecule has 0 amide bonds. The van der Waals surface area contributed by atoms with Crippen LogP contribution in [0, 0.1) is 16.7 Å². The van der Waals surface area contributed by atoms with Gasteiger partial charge in [0.05, 0.1) is 19.3 Å². The predicted molar refractivity (Wildman–Crippen MR) is 72.1 cm³/mol. The van der Waals surface area contributed by atoms with Gasteiger partial charge in [-0.25, -0.2) is 0 Å². The average Bonchev–Trinajstić information content (AvgIpc) is 2.40. The van der Waals surface area contributed by atoms with Crippen LogP contribution in [0.4, 0.5) is 0 Å². The maximum atomic E-state index is 11.4. The number of carbonyl (C=O) groups is 1. The maximum absolute atomic E-state index is 11.4. The van der Waals surface area contributed by atoms with Crippen LogP contribution in [0.15, 0.2) is 24.3 Å². The van der Waals surface area contributed by atoms with Crippen LogP contribution in [0.2, 0.25) is 0 Å². The van der Waals surface area contributed by atoms with Crippen molar-refractivity contribution in [2.45, 2.75) is 27.2 Å². The van der Waals surface area contributed by atoms with E-state index in [0.29, 0.717) is 31.1 Å². The number of hydrogen-bond donors (Lipinski definition) is 0. The number of carbonyl (C=O) groups excluding carboxylic acids is 1. The molecule has 0 heterocycles. The fourth-order valence-corrected chi connectivity index (χ4v) is 1.52. The van der Waals surface area contributed by atoms with Crippen molar-refractivity contribution in [2.24, 2.45) is 5.41 Å². The normalized spacial score (nSPS) is 13.2. The van der Waals surface area contributed by atoms with Gasteiger partial charge in [0, 0.05) is 6.42 Å². The molecule has 19 heavy (non-hydrogen) atoms. The standard InChI is InChI=1S/C15H19NO3/c1-4-18-13-7-5-6-8-14(13)19-10-9-15(3,11-16)12(2)17/h5-8H,4,9-10H2,1-3H3. The number of rotatable bonds is 7. The van der Waals surface area contributed by atoms with Gasteiger partial charge in [0.1, 0.15) is 11.2 Å². The highest BCUT2D eigenvalue weighted by molar-refractivity contribution is 5.84. The first-order valence-corrected chi connectivity index (χ1v) is 6.30. The van der Waals surface area contributed by atoms with E-state index in [1.165, 1.54) is 6.92 Å². The van der Waals surface area contributed by atoms with E-state index in [9.17, 15) is 4.79 Å². The maximum Gasteiger partial charge on any atom is 0.161 e. The molecular formula is C15H19NO3. The number of Topliss-reactive ketones (excluding diaryl/α,β-unsaturated/α-hetero) is 1. The van der Waals surface area contributed by atoms with Crippen molar-refractivity contribution in [1.82, 2.24) is 0 Å². The Hall–Kier alpha value is -2.02. The Bertz CT molecular complexity index is 479. The molecular weight excluding hydrogens is 242 g/mol. The molecule has 0 aliphatic rings. The van der Waals surface area contributed by atoms with E-state index in [1.54, 1.807) is 6.92 Å². The third kappa shape index (κ3) is 3.99. The third-order valence-electron chi connectivity index (χ3n) is 3.03. The minimum Gasteiger partial charge on any atom is -0.490 e. The lowest BCUT2D eigenvalue weighted by molar-refractivity contribution is -0.123. The summed E-state index contributed by atoms with van der Waals surface area (Å²) in [6.45, 7) is 5.82. The molecule has 0 spiro atoms. The quantitative estimate of drug-likeness (QED) is 0.757. The van der Waals surface area contributed by atoms with E-state index in [-0.39, 0.29) is 5.78 Å². The molecule has 1 aromatic rings. The highest BCUT2D eigenvalue weighted by atomic mass is 16.5. The zero-order chi connectivity index (χ0) is 14.3. The van der Waals surface area contributed by atoms with Gasteiger partial charge in [-0.05, 0) is 32.9 Å². The molecule has 0 saturated heterocycles. The summed E-state index contributed by atoms with van der Waals surface area (Å²) in [7, 11) is 0. The van der Waals surface area contributed by atoms with Gasteiger partial charge in [-0.2, -0.15) is 5.26 Å². The number of hydrogen-bond acceptors (Lipinski definition) is 4. The van der Waals surface area contributed by atoms with Crippen LogP contribution in [0.3, 0.4) is 0 Å². The van der Waals surface area contributed by atoms with Crippen molar-refractivity contribution >= 4 is 5.78 Å².